The summed E-state index contributed by atoms with van der Waals surface area (Å²) in [4.78, 5) is 25.5. The number of carbonyl (C=O) groups excluding carboxylic acids is 2. The van der Waals surface area contributed by atoms with Crippen molar-refractivity contribution in [2.75, 3.05) is 48.3 Å². The summed E-state index contributed by atoms with van der Waals surface area (Å²) in [5, 5.41) is 83.3. The molecule has 2 aliphatic rings. The lowest BCUT2D eigenvalue weighted by molar-refractivity contribution is -0.383. The molecule has 8 N–H and O–H groups in total. The van der Waals surface area contributed by atoms with Crippen molar-refractivity contribution in [3.8, 4) is 34.5 Å². The zero-order chi connectivity index (χ0) is 39.0. The Balaban J connectivity index is 1.48. The van der Waals surface area contributed by atoms with Gasteiger partial charge in [-0.15, -0.1) is 0 Å². The fraction of sp³-hybridized carbons (Fsp3) is 0.471. The number of benzene rings is 2. The van der Waals surface area contributed by atoms with E-state index in [9.17, 15) is 50.4 Å². The number of phenolic OH excluding ortho intramolecular Hbond substituents is 2. The second-order valence-electron chi connectivity index (χ2n) is 11.6. The lowest BCUT2D eigenvalue weighted by atomic mass is 9.98. The average Bonchev–Trinajstić information content (AvgIpc) is 3.42. The van der Waals surface area contributed by atoms with Crippen molar-refractivity contribution in [1.82, 2.24) is 0 Å². The molecule has 2 fully saturated rings. The van der Waals surface area contributed by atoms with Crippen LogP contribution in [0.5, 0.6) is 34.5 Å². The summed E-state index contributed by atoms with van der Waals surface area (Å²) in [5.41, 5.74) is 0.708. The largest absolute Gasteiger partial charge is 0.502 e. The van der Waals surface area contributed by atoms with E-state index in [0.29, 0.717) is 11.1 Å². The summed E-state index contributed by atoms with van der Waals surface area (Å²) < 4.78 is 47.8. The van der Waals surface area contributed by atoms with Crippen LogP contribution >= 0.6 is 0 Å². The number of methoxy groups -OCH3 is 4. The van der Waals surface area contributed by atoms with E-state index in [1.165, 1.54) is 64.9 Å². The topological polar surface area (TPSA) is 279 Å². The molecule has 9 atom stereocenters. The van der Waals surface area contributed by atoms with E-state index in [4.69, 9.17) is 42.6 Å². The molecule has 0 radical (unpaired) electrons. The fourth-order valence-corrected chi connectivity index (χ4v) is 5.49. The van der Waals surface area contributed by atoms with Crippen molar-refractivity contribution >= 4 is 24.1 Å². The molecule has 0 aromatic heterocycles. The fourth-order valence-electron chi connectivity index (χ4n) is 5.49. The molecule has 2 heterocycles. The van der Waals surface area contributed by atoms with Crippen LogP contribution in [-0.4, -0.2) is 156 Å². The predicted molar refractivity (Wildman–Crippen MR) is 177 cm³/mol. The van der Waals surface area contributed by atoms with Crippen LogP contribution in [0.4, 0.5) is 0 Å². The van der Waals surface area contributed by atoms with E-state index in [2.05, 4.69) is 0 Å². The summed E-state index contributed by atoms with van der Waals surface area (Å²) in [7, 11) is 5.26. The first-order chi connectivity index (χ1) is 25.3. The van der Waals surface area contributed by atoms with Gasteiger partial charge in [-0.1, -0.05) is 0 Å². The van der Waals surface area contributed by atoms with Crippen LogP contribution in [0.1, 0.15) is 11.1 Å². The normalized spacial score (nSPS) is 28.6. The van der Waals surface area contributed by atoms with Gasteiger partial charge in [-0.2, -0.15) is 0 Å². The van der Waals surface area contributed by atoms with Crippen LogP contribution < -0.4 is 18.9 Å². The second kappa shape index (κ2) is 17.9. The average molecular weight is 755 g/mol. The van der Waals surface area contributed by atoms with Gasteiger partial charge in [0.05, 0.1) is 35.0 Å². The minimum absolute atomic E-state index is 0.0366. The second-order valence-corrected chi connectivity index (χ2v) is 11.6. The molecule has 19 heteroatoms. The number of aliphatic hydroxyl groups is 6. The SMILES string of the molecule is COc1cc(/C=C/C(=O)OC[C@H]2O[C@H](O[C@]3(CO)O[C@H](CO)[C@@H](O)[C@@H]3OC(=O)/C=C/c3cc(OC)c(O)c(OC)c3)[C@H](O)[C@@H](O)[C@@H]2O)cc(OC)c1O. The summed E-state index contributed by atoms with van der Waals surface area (Å²) in [6.07, 6.45) is -9.97. The number of aromatic hydroxyl groups is 2. The Hall–Kier alpha value is -4.70. The van der Waals surface area contributed by atoms with E-state index in [-0.39, 0.29) is 34.5 Å². The quantitative estimate of drug-likeness (QED) is 0.0765. The van der Waals surface area contributed by atoms with Crippen LogP contribution in [0.3, 0.4) is 0 Å². The number of aliphatic hydroxyl groups excluding tert-OH is 6. The highest BCUT2D eigenvalue weighted by molar-refractivity contribution is 5.88. The highest BCUT2D eigenvalue weighted by atomic mass is 16.8. The zero-order valence-electron chi connectivity index (χ0n) is 28.9. The third-order valence-corrected chi connectivity index (χ3v) is 8.32. The summed E-state index contributed by atoms with van der Waals surface area (Å²) in [6, 6.07) is 5.60. The lowest BCUT2D eigenvalue weighted by Gasteiger charge is -2.43. The lowest BCUT2D eigenvalue weighted by Crippen LogP contribution is -2.63. The molecular formula is C34H42O19. The maximum Gasteiger partial charge on any atom is 0.331 e. The molecule has 2 aromatic rings. The van der Waals surface area contributed by atoms with Gasteiger partial charge in [0.2, 0.25) is 17.3 Å². The van der Waals surface area contributed by atoms with Crippen molar-refractivity contribution in [2.24, 2.45) is 0 Å². The monoisotopic (exact) mass is 754 g/mol. The van der Waals surface area contributed by atoms with Gasteiger partial charge in [-0.3, -0.25) is 0 Å². The Bertz CT molecular complexity index is 1590. The number of rotatable bonds is 15. The van der Waals surface area contributed by atoms with Crippen LogP contribution in [0.25, 0.3) is 12.2 Å². The Labute approximate surface area is 302 Å². The Morgan fingerprint density at radius 3 is 1.66 bits per heavy atom. The molecule has 0 saturated carbocycles. The molecule has 0 unspecified atom stereocenters. The molecule has 0 spiro atoms. The molecule has 19 nitrogen and oxygen atoms in total. The first-order valence-electron chi connectivity index (χ1n) is 15.8. The van der Waals surface area contributed by atoms with Crippen molar-refractivity contribution in [3.63, 3.8) is 0 Å². The number of hydrogen-bond donors (Lipinski definition) is 8. The standard InChI is InChI=1S/C34H42O19/c1-45-18-9-16(10-19(46-2)26(18)39)5-7-24(37)49-14-23-28(41)30(43)31(44)33(50-23)53-34(15-36)32(29(42)22(13-35)52-34)51-25(38)8-6-17-11-20(47-3)27(40)21(12-17)48-4/h5-12,22-23,28-33,35-36,39-44H,13-15H2,1-4H3/b7-5+,8-6+/t22-,23-,28-,29-,30+,31-,32+,33-,34+/m1/s1. The van der Waals surface area contributed by atoms with Crippen molar-refractivity contribution in [2.45, 2.75) is 54.8 Å². The molecule has 0 aliphatic carbocycles. The van der Waals surface area contributed by atoms with Crippen molar-refractivity contribution in [1.29, 1.82) is 0 Å². The number of hydrogen-bond acceptors (Lipinski definition) is 19. The van der Waals surface area contributed by atoms with E-state index in [1.807, 2.05) is 0 Å². The van der Waals surface area contributed by atoms with Crippen molar-refractivity contribution < 1.29 is 93.1 Å². The third-order valence-electron chi connectivity index (χ3n) is 8.32. The van der Waals surface area contributed by atoms with E-state index < -0.39 is 86.6 Å². The highest BCUT2D eigenvalue weighted by Crippen LogP contribution is 2.40. The molecule has 2 saturated heterocycles. The summed E-state index contributed by atoms with van der Waals surface area (Å²) >= 11 is 0. The van der Waals surface area contributed by atoms with Gasteiger partial charge in [-0.05, 0) is 47.5 Å². The Morgan fingerprint density at radius 1 is 0.717 bits per heavy atom. The third kappa shape index (κ3) is 9.10. The molecule has 0 amide bonds. The number of phenols is 2. The van der Waals surface area contributed by atoms with Gasteiger partial charge in [0.1, 0.15) is 49.8 Å². The molecule has 292 valence electrons. The molecule has 53 heavy (non-hydrogen) atoms. The van der Waals surface area contributed by atoms with Crippen LogP contribution in [0.2, 0.25) is 0 Å². The van der Waals surface area contributed by atoms with Gasteiger partial charge < -0.3 is 83.5 Å². The highest BCUT2D eigenvalue weighted by Gasteiger charge is 2.60. The molecule has 4 rings (SSSR count). The van der Waals surface area contributed by atoms with E-state index in [1.54, 1.807) is 0 Å². The molecule has 2 aliphatic heterocycles. The number of esters is 2. The molecular weight excluding hydrogens is 712 g/mol. The minimum atomic E-state index is -2.51. The summed E-state index contributed by atoms with van der Waals surface area (Å²) in [5.74, 6) is -4.86. The van der Waals surface area contributed by atoms with Gasteiger partial charge in [0, 0.05) is 12.2 Å². The Kier molecular flexibility index (Phi) is 13.9. The first kappa shape index (κ1) is 41.1. The maximum atomic E-state index is 12.9. The van der Waals surface area contributed by atoms with Gasteiger partial charge in [-0.25, -0.2) is 9.59 Å². The van der Waals surface area contributed by atoms with Crippen LogP contribution in [0.15, 0.2) is 36.4 Å². The minimum Gasteiger partial charge on any atom is -0.502 e. The van der Waals surface area contributed by atoms with Gasteiger partial charge in [0.15, 0.2) is 35.4 Å². The number of ether oxygens (including phenoxy) is 9. The van der Waals surface area contributed by atoms with E-state index in [0.717, 1.165) is 12.2 Å². The van der Waals surface area contributed by atoms with Crippen LogP contribution in [-0.2, 0) is 33.3 Å². The zero-order valence-corrected chi connectivity index (χ0v) is 28.9. The number of carbonyl (C=O) groups is 2. The van der Waals surface area contributed by atoms with Crippen LogP contribution in [0, 0.1) is 0 Å². The summed E-state index contributed by atoms with van der Waals surface area (Å²) in [6.45, 7) is -2.69. The van der Waals surface area contributed by atoms with Gasteiger partial charge >= 0.3 is 11.9 Å². The Morgan fingerprint density at radius 2 is 1.21 bits per heavy atom. The predicted octanol–water partition coefficient (Wildman–Crippen LogP) is -1.42. The molecule has 2 aromatic carbocycles. The van der Waals surface area contributed by atoms with Gasteiger partial charge in [0.25, 0.3) is 0 Å². The van der Waals surface area contributed by atoms with Crippen molar-refractivity contribution in [3.05, 3.63) is 47.5 Å². The first-order valence-corrected chi connectivity index (χ1v) is 15.8. The van der Waals surface area contributed by atoms with E-state index >= 15 is 0 Å². The molecule has 0 bridgehead atoms. The maximum absolute atomic E-state index is 12.9. The smallest absolute Gasteiger partial charge is 0.331 e.